The van der Waals surface area contributed by atoms with Crippen molar-refractivity contribution >= 4 is 0 Å². The van der Waals surface area contributed by atoms with Gasteiger partial charge in [-0.05, 0) is 6.42 Å². The standard InChI is InChI=1S/C11H20F4O/c1-2-3-4-5-6-7-8-9-16-11(14,15)10(12)13/h10H,2-9H2,1H3. The predicted octanol–water partition coefficient (Wildman–Crippen LogP) is 4.61. The molecule has 0 N–H and O–H groups in total. The minimum Gasteiger partial charge on any atom is -0.316 e. The van der Waals surface area contributed by atoms with E-state index in [0.29, 0.717) is 6.42 Å². The predicted molar refractivity (Wildman–Crippen MR) is 54.9 cm³/mol. The van der Waals surface area contributed by atoms with Crippen molar-refractivity contribution in [2.75, 3.05) is 6.61 Å². The van der Waals surface area contributed by atoms with E-state index in [0.717, 1.165) is 32.1 Å². The van der Waals surface area contributed by atoms with Gasteiger partial charge in [-0.3, -0.25) is 0 Å². The molecule has 0 bridgehead atoms. The highest BCUT2D eigenvalue weighted by Crippen LogP contribution is 2.24. The molecule has 0 heterocycles. The zero-order valence-corrected chi connectivity index (χ0v) is 9.65. The molecule has 0 aliphatic heterocycles. The molecule has 0 rings (SSSR count). The lowest BCUT2D eigenvalue weighted by Gasteiger charge is -2.15. The summed E-state index contributed by atoms with van der Waals surface area (Å²) >= 11 is 0. The SMILES string of the molecule is CCCCCCCCCOC(F)(F)C(F)F. The van der Waals surface area contributed by atoms with Crippen LogP contribution in [0.5, 0.6) is 0 Å². The summed E-state index contributed by atoms with van der Waals surface area (Å²) in [6.45, 7) is 1.81. The van der Waals surface area contributed by atoms with Gasteiger partial charge in [-0.1, -0.05) is 45.4 Å². The smallest absolute Gasteiger partial charge is 0.316 e. The van der Waals surface area contributed by atoms with E-state index in [9.17, 15) is 17.6 Å². The Kier molecular flexibility index (Phi) is 8.61. The lowest BCUT2D eigenvalue weighted by atomic mass is 10.1. The van der Waals surface area contributed by atoms with Crippen LogP contribution in [-0.4, -0.2) is 19.1 Å². The molecule has 98 valence electrons. The molecule has 0 aliphatic carbocycles. The highest BCUT2D eigenvalue weighted by atomic mass is 19.3. The van der Waals surface area contributed by atoms with Gasteiger partial charge in [-0.25, -0.2) is 8.78 Å². The van der Waals surface area contributed by atoms with Crippen LogP contribution in [0, 0.1) is 0 Å². The van der Waals surface area contributed by atoms with Crippen molar-refractivity contribution in [1.29, 1.82) is 0 Å². The van der Waals surface area contributed by atoms with Gasteiger partial charge in [0.25, 0.3) is 0 Å². The Bertz CT molecular complexity index is 162. The largest absolute Gasteiger partial charge is 0.416 e. The maximum Gasteiger partial charge on any atom is 0.416 e. The average Bonchev–Trinajstić information content (AvgIpc) is 2.21. The van der Waals surface area contributed by atoms with Crippen LogP contribution >= 0.6 is 0 Å². The van der Waals surface area contributed by atoms with Crippen molar-refractivity contribution < 1.29 is 22.3 Å². The molecule has 0 aromatic rings. The van der Waals surface area contributed by atoms with E-state index < -0.39 is 12.5 Å². The Morgan fingerprint density at radius 2 is 1.44 bits per heavy atom. The fraction of sp³-hybridized carbons (Fsp3) is 1.00. The number of hydrogen-bond donors (Lipinski definition) is 0. The molecule has 1 nitrogen and oxygen atoms in total. The summed E-state index contributed by atoms with van der Waals surface area (Å²) in [5, 5.41) is 0. The van der Waals surface area contributed by atoms with Gasteiger partial charge in [-0.15, -0.1) is 0 Å². The van der Waals surface area contributed by atoms with Crippen LogP contribution in [0.15, 0.2) is 0 Å². The summed E-state index contributed by atoms with van der Waals surface area (Å²) in [6, 6.07) is 0. The van der Waals surface area contributed by atoms with E-state index in [-0.39, 0.29) is 6.61 Å². The minimum absolute atomic E-state index is 0.300. The van der Waals surface area contributed by atoms with Crippen molar-refractivity contribution in [3.8, 4) is 0 Å². The van der Waals surface area contributed by atoms with Gasteiger partial charge in [0, 0.05) is 0 Å². The van der Waals surface area contributed by atoms with E-state index in [4.69, 9.17) is 0 Å². The quantitative estimate of drug-likeness (QED) is 0.402. The normalized spacial score (nSPS) is 12.4. The van der Waals surface area contributed by atoms with Gasteiger partial charge in [-0.2, -0.15) is 8.78 Å². The van der Waals surface area contributed by atoms with Gasteiger partial charge >= 0.3 is 12.5 Å². The van der Waals surface area contributed by atoms with Gasteiger partial charge in [0.05, 0.1) is 6.61 Å². The molecule has 0 aliphatic rings. The highest BCUT2D eigenvalue weighted by molar-refractivity contribution is 4.55. The van der Waals surface area contributed by atoms with Crippen LogP contribution in [-0.2, 0) is 4.74 Å². The summed E-state index contributed by atoms with van der Waals surface area (Å²) < 4.78 is 51.6. The Morgan fingerprint density at radius 1 is 0.938 bits per heavy atom. The number of hydrogen-bond acceptors (Lipinski definition) is 1. The van der Waals surface area contributed by atoms with E-state index in [1.54, 1.807) is 0 Å². The summed E-state index contributed by atoms with van der Waals surface area (Å²) in [5.74, 6) is 0. The van der Waals surface area contributed by atoms with Crippen LogP contribution in [0.25, 0.3) is 0 Å². The van der Waals surface area contributed by atoms with Crippen LogP contribution in [0.2, 0.25) is 0 Å². The molecule has 5 heteroatoms. The van der Waals surface area contributed by atoms with Gasteiger partial charge in [0.1, 0.15) is 0 Å². The van der Waals surface area contributed by atoms with E-state index in [2.05, 4.69) is 11.7 Å². The Labute approximate surface area is 94.2 Å². The third-order valence-corrected chi connectivity index (χ3v) is 2.30. The Balaban J connectivity index is 3.27. The second-order valence-corrected chi connectivity index (χ2v) is 3.83. The summed E-state index contributed by atoms with van der Waals surface area (Å²) in [4.78, 5) is 0. The summed E-state index contributed by atoms with van der Waals surface area (Å²) in [5.41, 5.74) is 0. The average molecular weight is 244 g/mol. The maximum absolute atomic E-state index is 12.2. The fourth-order valence-corrected chi connectivity index (χ4v) is 1.33. The third kappa shape index (κ3) is 7.91. The molecule has 0 saturated carbocycles. The van der Waals surface area contributed by atoms with Gasteiger partial charge in [0.2, 0.25) is 0 Å². The van der Waals surface area contributed by atoms with Crippen LogP contribution in [0.4, 0.5) is 17.6 Å². The molecule has 0 unspecified atom stereocenters. The van der Waals surface area contributed by atoms with Gasteiger partial charge < -0.3 is 4.74 Å². The van der Waals surface area contributed by atoms with Crippen molar-refractivity contribution in [3.63, 3.8) is 0 Å². The van der Waals surface area contributed by atoms with E-state index in [1.165, 1.54) is 6.42 Å². The topological polar surface area (TPSA) is 9.23 Å². The maximum atomic E-state index is 12.2. The van der Waals surface area contributed by atoms with Crippen molar-refractivity contribution in [1.82, 2.24) is 0 Å². The molecule has 0 atom stereocenters. The molecule has 0 fully saturated rings. The van der Waals surface area contributed by atoms with Crippen LogP contribution in [0.1, 0.15) is 51.9 Å². The minimum atomic E-state index is -4.29. The molecule has 0 saturated heterocycles. The van der Waals surface area contributed by atoms with Crippen molar-refractivity contribution in [2.24, 2.45) is 0 Å². The molecule has 0 radical (unpaired) electrons. The number of halogens is 4. The molecule has 16 heavy (non-hydrogen) atoms. The number of rotatable bonds is 10. The second-order valence-electron chi connectivity index (χ2n) is 3.83. The number of alkyl halides is 4. The molecule has 0 spiro atoms. The monoisotopic (exact) mass is 244 g/mol. The van der Waals surface area contributed by atoms with E-state index >= 15 is 0 Å². The second kappa shape index (κ2) is 8.79. The number of ether oxygens (including phenoxy) is 1. The molecular weight excluding hydrogens is 224 g/mol. The molecule has 0 amide bonds. The number of unbranched alkanes of at least 4 members (excludes halogenated alkanes) is 6. The van der Waals surface area contributed by atoms with Crippen LogP contribution < -0.4 is 0 Å². The zero-order chi connectivity index (χ0) is 12.4. The molecular formula is C11H20F4O. The highest BCUT2D eigenvalue weighted by Gasteiger charge is 2.41. The van der Waals surface area contributed by atoms with Crippen LogP contribution in [0.3, 0.4) is 0 Å². The van der Waals surface area contributed by atoms with Gasteiger partial charge in [0.15, 0.2) is 0 Å². The first kappa shape index (κ1) is 15.7. The lowest BCUT2D eigenvalue weighted by molar-refractivity contribution is -0.300. The lowest BCUT2D eigenvalue weighted by Crippen LogP contribution is -2.30. The van der Waals surface area contributed by atoms with Crippen molar-refractivity contribution in [2.45, 2.75) is 64.4 Å². The fourth-order valence-electron chi connectivity index (χ4n) is 1.33. The van der Waals surface area contributed by atoms with Crippen molar-refractivity contribution in [3.05, 3.63) is 0 Å². The summed E-state index contributed by atoms with van der Waals surface area (Å²) in [7, 11) is 0. The third-order valence-electron chi connectivity index (χ3n) is 2.30. The Hall–Kier alpha value is -0.320. The van der Waals surface area contributed by atoms with E-state index in [1.807, 2.05) is 0 Å². The first-order valence-electron chi connectivity index (χ1n) is 5.80. The molecule has 0 aromatic heterocycles. The zero-order valence-electron chi connectivity index (χ0n) is 9.65. The first-order chi connectivity index (χ1) is 7.50. The Morgan fingerprint density at radius 3 is 1.94 bits per heavy atom. The summed E-state index contributed by atoms with van der Waals surface area (Å²) in [6.07, 6.45) is -1.37. The first-order valence-corrected chi connectivity index (χ1v) is 5.80. The molecule has 0 aromatic carbocycles.